The third-order valence-electron chi connectivity index (χ3n) is 2.95. The highest BCUT2D eigenvalue weighted by Crippen LogP contribution is 2.30. The third kappa shape index (κ3) is 2.82. The fourth-order valence-electron chi connectivity index (χ4n) is 1.96. The van der Waals surface area contributed by atoms with Gasteiger partial charge in [-0.1, -0.05) is 19.1 Å². The average molecular weight is 282 g/mol. The van der Waals surface area contributed by atoms with Gasteiger partial charge in [-0.2, -0.15) is 0 Å². The van der Waals surface area contributed by atoms with Crippen molar-refractivity contribution in [3.8, 4) is 0 Å². The van der Waals surface area contributed by atoms with Gasteiger partial charge in [-0.15, -0.1) is 11.3 Å². The molecule has 0 aliphatic rings. The zero-order valence-electron chi connectivity index (χ0n) is 11.1. The van der Waals surface area contributed by atoms with Crippen molar-refractivity contribution in [2.75, 3.05) is 6.54 Å². The minimum Gasteiger partial charge on any atom is -0.306 e. The van der Waals surface area contributed by atoms with Crippen LogP contribution in [0.25, 0.3) is 0 Å². The van der Waals surface area contributed by atoms with Crippen molar-refractivity contribution in [2.45, 2.75) is 26.8 Å². The molecular weight excluding hydrogens is 266 g/mol. The Morgan fingerprint density at radius 1 is 1.26 bits per heavy atom. The summed E-state index contributed by atoms with van der Waals surface area (Å²) in [5, 5.41) is 4.09. The zero-order chi connectivity index (χ0) is 14.0. The molecule has 0 saturated carbocycles. The highest BCUT2D eigenvalue weighted by Gasteiger charge is 2.22. The SMILES string of the molecule is CCNC(c1cnc(C)s1)c1ccc(C)c(F)c1F. The van der Waals surface area contributed by atoms with Gasteiger partial charge in [-0.05, 0) is 26.0 Å². The molecule has 1 aromatic carbocycles. The summed E-state index contributed by atoms with van der Waals surface area (Å²) in [6.07, 6.45) is 1.71. The zero-order valence-corrected chi connectivity index (χ0v) is 11.9. The van der Waals surface area contributed by atoms with E-state index in [9.17, 15) is 8.78 Å². The Bertz CT molecular complexity index is 581. The van der Waals surface area contributed by atoms with E-state index in [1.165, 1.54) is 11.3 Å². The van der Waals surface area contributed by atoms with Crippen molar-refractivity contribution in [3.05, 3.63) is 51.0 Å². The van der Waals surface area contributed by atoms with Crippen LogP contribution in [0.4, 0.5) is 8.78 Å². The van der Waals surface area contributed by atoms with Crippen LogP contribution in [-0.2, 0) is 0 Å². The molecule has 102 valence electrons. The predicted molar refractivity (Wildman–Crippen MR) is 73.5 cm³/mol. The lowest BCUT2D eigenvalue weighted by molar-refractivity contribution is 0.479. The number of hydrogen-bond donors (Lipinski definition) is 1. The van der Waals surface area contributed by atoms with Crippen molar-refractivity contribution in [3.63, 3.8) is 0 Å². The van der Waals surface area contributed by atoms with E-state index in [2.05, 4.69) is 10.3 Å². The van der Waals surface area contributed by atoms with E-state index >= 15 is 0 Å². The van der Waals surface area contributed by atoms with Gasteiger partial charge in [0, 0.05) is 16.6 Å². The summed E-state index contributed by atoms with van der Waals surface area (Å²) in [4.78, 5) is 5.07. The topological polar surface area (TPSA) is 24.9 Å². The van der Waals surface area contributed by atoms with Crippen molar-refractivity contribution in [2.24, 2.45) is 0 Å². The van der Waals surface area contributed by atoms with Gasteiger partial charge in [-0.25, -0.2) is 13.8 Å². The summed E-state index contributed by atoms with van der Waals surface area (Å²) in [5.74, 6) is -1.56. The molecule has 5 heteroatoms. The van der Waals surface area contributed by atoms with Gasteiger partial charge < -0.3 is 5.32 Å². The lowest BCUT2D eigenvalue weighted by atomic mass is 10.0. The molecule has 1 heterocycles. The molecule has 0 fully saturated rings. The van der Waals surface area contributed by atoms with Gasteiger partial charge in [0.05, 0.1) is 11.0 Å². The third-order valence-corrected chi connectivity index (χ3v) is 3.93. The fraction of sp³-hybridized carbons (Fsp3) is 0.357. The number of benzene rings is 1. The lowest BCUT2D eigenvalue weighted by Crippen LogP contribution is -2.22. The molecule has 19 heavy (non-hydrogen) atoms. The predicted octanol–water partition coefficient (Wildman–Crippen LogP) is 3.74. The Hall–Kier alpha value is -1.33. The molecule has 1 N–H and O–H groups in total. The van der Waals surface area contributed by atoms with Crippen LogP contribution in [0.3, 0.4) is 0 Å². The smallest absolute Gasteiger partial charge is 0.164 e. The standard InChI is InChI=1S/C14H16F2N2S/c1-4-17-14(11-7-18-9(3)19-11)10-6-5-8(2)12(15)13(10)16/h5-7,14,17H,4H2,1-3H3. The molecule has 1 unspecified atom stereocenters. The molecule has 0 saturated heterocycles. The minimum absolute atomic E-state index is 0.317. The second kappa shape index (κ2) is 5.75. The summed E-state index contributed by atoms with van der Waals surface area (Å²) < 4.78 is 27.8. The number of nitrogens with zero attached hydrogens (tertiary/aromatic N) is 1. The molecule has 1 aromatic heterocycles. The molecule has 0 amide bonds. The first-order valence-corrected chi connectivity index (χ1v) is 6.96. The van der Waals surface area contributed by atoms with Gasteiger partial charge in [0.1, 0.15) is 0 Å². The molecular formula is C14H16F2N2S. The average Bonchev–Trinajstić information content (AvgIpc) is 2.81. The van der Waals surface area contributed by atoms with Crippen molar-refractivity contribution in [1.82, 2.24) is 10.3 Å². The van der Waals surface area contributed by atoms with Gasteiger partial charge in [0.2, 0.25) is 0 Å². The maximum atomic E-state index is 14.1. The maximum absolute atomic E-state index is 14.1. The molecule has 0 bridgehead atoms. The molecule has 1 atom stereocenters. The number of nitrogens with one attached hydrogen (secondary N) is 1. The molecule has 0 aliphatic carbocycles. The summed E-state index contributed by atoms with van der Waals surface area (Å²) in [6, 6.07) is 2.88. The summed E-state index contributed by atoms with van der Waals surface area (Å²) in [7, 11) is 0. The number of halogens is 2. The first-order valence-electron chi connectivity index (χ1n) is 6.14. The van der Waals surface area contributed by atoms with E-state index in [1.54, 1.807) is 25.3 Å². The molecule has 2 nitrogen and oxygen atoms in total. The number of thiazole rings is 1. The van der Waals surface area contributed by atoms with E-state index < -0.39 is 11.6 Å². The first-order chi connectivity index (χ1) is 9.04. The summed E-state index contributed by atoms with van der Waals surface area (Å²) >= 11 is 1.49. The van der Waals surface area contributed by atoms with E-state index in [4.69, 9.17) is 0 Å². The highest BCUT2D eigenvalue weighted by molar-refractivity contribution is 7.11. The number of aryl methyl sites for hydroxylation is 2. The summed E-state index contributed by atoms with van der Waals surface area (Å²) in [5.41, 5.74) is 0.644. The second-order valence-corrected chi connectivity index (χ2v) is 5.64. The second-order valence-electron chi connectivity index (χ2n) is 4.37. The first kappa shape index (κ1) is 14.1. The Morgan fingerprint density at radius 2 is 2.00 bits per heavy atom. The fourth-order valence-corrected chi connectivity index (χ4v) is 2.84. The van der Waals surface area contributed by atoms with Crippen molar-refractivity contribution < 1.29 is 8.78 Å². The quantitative estimate of drug-likeness (QED) is 0.924. The van der Waals surface area contributed by atoms with E-state index in [-0.39, 0.29) is 6.04 Å². The van der Waals surface area contributed by atoms with Crippen molar-refractivity contribution in [1.29, 1.82) is 0 Å². The van der Waals surface area contributed by atoms with Gasteiger partial charge >= 0.3 is 0 Å². The largest absolute Gasteiger partial charge is 0.306 e. The molecule has 0 aliphatic heterocycles. The molecule has 0 spiro atoms. The van der Waals surface area contributed by atoms with Crippen LogP contribution in [0.2, 0.25) is 0 Å². The van der Waals surface area contributed by atoms with Gasteiger partial charge in [0.25, 0.3) is 0 Å². The Labute approximate surface area is 115 Å². The minimum atomic E-state index is -0.781. The molecule has 2 rings (SSSR count). The van der Waals surface area contributed by atoms with E-state index in [0.29, 0.717) is 17.7 Å². The van der Waals surface area contributed by atoms with Gasteiger partial charge in [-0.3, -0.25) is 0 Å². The molecule has 2 aromatic rings. The van der Waals surface area contributed by atoms with Crippen molar-refractivity contribution >= 4 is 11.3 Å². The Kier molecular flexibility index (Phi) is 4.27. The number of hydrogen-bond acceptors (Lipinski definition) is 3. The normalized spacial score (nSPS) is 12.7. The number of aromatic nitrogens is 1. The highest BCUT2D eigenvalue weighted by atomic mass is 32.1. The Morgan fingerprint density at radius 3 is 2.58 bits per heavy atom. The van der Waals surface area contributed by atoms with Gasteiger partial charge in [0.15, 0.2) is 11.6 Å². The van der Waals surface area contributed by atoms with E-state index in [0.717, 1.165) is 9.88 Å². The van der Waals surface area contributed by atoms with Crippen LogP contribution in [0.5, 0.6) is 0 Å². The van der Waals surface area contributed by atoms with Crippen LogP contribution in [-0.4, -0.2) is 11.5 Å². The van der Waals surface area contributed by atoms with Crippen LogP contribution < -0.4 is 5.32 Å². The number of rotatable bonds is 4. The maximum Gasteiger partial charge on any atom is 0.164 e. The monoisotopic (exact) mass is 282 g/mol. The molecule has 0 radical (unpaired) electrons. The van der Waals surface area contributed by atoms with Crippen LogP contribution in [0, 0.1) is 25.5 Å². The van der Waals surface area contributed by atoms with Crippen LogP contribution in [0.15, 0.2) is 18.3 Å². The lowest BCUT2D eigenvalue weighted by Gasteiger charge is -2.18. The van der Waals surface area contributed by atoms with E-state index in [1.807, 2.05) is 13.8 Å². The van der Waals surface area contributed by atoms with Crippen LogP contribution >= 0.6 is 11.3 Å². The Balaban J connectivity index is 2.48. The summed E-state index contributed by atoms with van der Waals surface area (Å²) in [6.45, 7) is 6.05. The van der Waals surface area contributed by atoms with Crippen LogP contribution in [0.1, 0.15) is 34.0 Å².